The maximum Gasteiger partial charge on any atom is 0.234 e. The van der Waals surface area contributed by atoms with Crippen molar-refractivity contribution in [1.82, 2.24) is 14.5 Å². The summed E-state index contributed by atoms with van der Waals surface area (Å²) in [6.45, 7) is 0.742. The van der Waals surface area contributed by atoms with E-state index in [1.807, 2.05) is 48.5 Å². The first kappa shape index (κ1) is 19.0. The summed E-state index contributed by atoms with van der Waals surface area (Å²) in [4.78, 5) is 8.58. The summed E-state index contributed by atoms with van der Waals surface area (Å²) in [6, 6.07) is 20.0. The van der Waals surface area contributed by atoms with Gasteiger partial charge in [0.1, 0.15) is 17.5 Å². The first-order valence-electron chi connectivity index (χ1n) is 9.29. The molecule has 0 radical (unpaired) electrons. The molecule has 0 saturated carbocycles. The third-order valence-corrected chi connectivity index (χ3v) is 5.13. The Morgan fingerprint density at radius 3 is 2.69 bits per heavy atom. The molecule has 0 amide bonds. The van der Waals surface area contributed by atoms with Gasteiger partial charge in [-0.3, -0.25) is 0 Å². The van der Waals surface area contributed by atoms with Crippen LogP contribution in [0.4, 0.5) is 0 Å². The number of halogens is 1. The highest BCUT2D eigenvalue weighted by atomic mass is 35.5. The number of aryl methyl sites for hydroxylation is 2. The summed E-state index contributed by atoms with van der Waals surface area (Å²) in [7, 11) is 1.67. The molecule has 4 aromatic rings. The molecule has 5 nitrogen and oxygen atoms in total. The lowest BCUT2D eigenvalue weighted by Crippen LogP contribution is -2.07. The van der Waals surface area contributed by atoms with Crippen LogP contribution in [0.15, 0.2) is 60.8 Å². The minimum absolute atomic E-state index is 0.177. The molecule has 144 valence electrons. The van der Waals surface area contributed by atoms with E-state index in [1.54, 1.807) is 13.3 Å². The highest BCUT2D eigenvalue weighted by molar-refractivity contribution is 6.30. The monoisotopic (exact) mass is 402 g/mol. The summed E-state index contributed by atoms with van der Waals surface area (Å²) in [6.07, 6.45) is 3.28. The molecule has 0 aliphatic rings. The zero-order valence-electron chi connectivity index (χ0n) is 16.0. The van der Waals surface area contributed by atoms with E-state index in [4.69, 9.17) is 16.3 Å². The van der Waals surface area contributed by atoms with Crippen LogP contribution in [-0.4, -0.2) is 21.6 Å². The Hall–Kier alpha value is -3.36. The number of hydrogen-bond donors (Lipinski definition) is 0. The number of benzene rings is 2. The number of ether oxygens (including phenoxy) is 1. The highest BCUT2D eigenvalue weighted by Crippen LogP contribution is 2.23. The summed E-state index contributed by atoms with van der Waals surface area (Å²) < 4.78 is 7.52. The standard InChI is InChI=1S/C23H19ClN4O/c1-29-21-4-2-3-17(12-21)11-20-13-18-15-26-22(14-25)27-23(18)28(20)10-9-16-5-7-19(24)8-6-16/h2-8,12-13,15H,9-11H2,1H3. The van der Waals surface area contributed by atoms with Crippen molar-refractivity contribution in [3.05, 3.63) is 88.5 Å². The van der Waals surface area contributed by atoms with Crippen LogP contribution in [0.1, 0.15) is 22.6 Å². The van der Waals surface area contributed by atoms with Gasteiger partial charge < -0.3 is 9.30 Å². The van der Waals surface area contributed by atoms with E-state index < -0.39 is 0 Å². The van der Waals surface area contributed by atoms with Crippen LogP contribution in [0.25, 0.3) is 11.0 Å². The largest absolute Gasteiger partial charge is 0.497 e. The van der Waals surface area contributed by atoms with Crippen molar-refractivity contribution < 1.29 is 4.74 Å². The Balaban J connectivity index is 1.71. The SMILES string of the molecule is COc1cccc(Cc2cc3cnc(C#N)nc3n2CCc2ccc(Cl)cc2)c1. The highest BCUT2D eigenvalue weighted by Gasteiger charge is 2.13. The Bertz CT molecular complexity index is 1190. The molecular weight excluding hydrogens is 384 g/mol. The molecule has 29 heavy (non-hydrogen) atoms. The van der Waals surface area contributed by atoms with Crippen LogP contribution in [0.5, 0.6) is 5.75 Å². The molecule has 0 unspecified atom stereocenters. The number of rotatable bonds is 6. The van der Waals surface area contributed by atoms with Gasteiger partial charge in [0, 0.05) is 35.3 Å². The van der Waals surface area contributed by atoms with Gasteiger partial charge in [-0.25, -0.2) is 9.97 Å². The predicted octanol–water partition coefficient (Wildman–Crippen LogP) is 4.80. The average Bonchev–Trinajstić information content (AvgIpc) is 3.09. The molecular formula is C23H19ClN4O. The smallest absolute Gasteiger partial charge is 0.234 e. The number of fused-ring (bicyclic) bond motifs is 1. The summed E-state index contributed by atoms with van der Waals surface area (Å²) in [5.74, 6) is 1.01. The van der Waals surface area contributed by atoms with Crippen LogP contribution >= 0.6 is 11.6 Å². The molecule has 0 atom stereocenters. The molecule has 2 aromatic heterocycles. The maximum atomic E-state index is 9.21. The molecule has 0 spiro atoms. The molecule has 0 fully saturated rings. The van der Waals surface area contributed by atoms with Gasteiger partial charge in [0.25, 0.3) is 0 Å². The molecule has 2 aromatic carbocycles. The molecule has 0 aliphatic carbocycles. The van der Waals surface area contributed by atoms with Crippen molar-refractivity contribution in [2.45, 2.75) is 19.4 Å². The van der Waals surface area contributed by atoms with E-state index in [-0.39, 0.29) is 5.82 Å². The van der Waals surface area contributed by atoms with Gasteiger partial charge in [0.15, 0.2) is 0 Å². The van der Waals surface area contributed by atoms with E-state index >= 15 is 0 Å². The van der Waals surface area contributed by atoms with Crippen molar-refractivity contribution in [3.63, 3.8) is 0 Å². The number of nitriles is 1. The average molecular weight is 403 g/mol. The minimum Gasteiger partial charge on any atom is -0.497 e. The van der Waals surface area contributed by atoms with Gasteiger partial charge in [0.05, 0.1) is 7.11 Å². The summed E-state index contributed by atoms with van der Waals surface area (Å²) in [5.41, 5.74) is 4.24. The fourth-order valence-corrected chi connectivity index (χ4v) is 3.55. The third-order valence-electron chi connectivity index (χ3n) is 4.88. The van der Waals surface area contributed by atoms with E-state index in [0.717, 1.165) is 52.4 Å². The van der Waals surface area contributed by atoms with Gasteiger partial charge in [-0.1, -0.05) is 35.9 Å². The second kappa shape index (κ2) is 8.34. The molecule has 0 bridgehead atoms. The first-order valence-corrected chi connectivity index (χ1v) is 9.66. The quantitative estimate of drug-likeness (QED) is 0.464. The van der Waals surface area contributed by atoms with E-state index in [0.29, 0.717) is 0 Å². The number of aromatic nitrogens is 3. The lowest BCUT2D eigenvalue weighted by molar-refractivity contribution is 0.414. The van der Waals surface area contributed by atoms with Gasteiger partial charge in [-0.2, -0.15) is 5.26 Å². The number of methoxy groups -OCH3 is 1. The minimum atomic E-state index is 0.177. The van der Waals surface area contributed by atoms with Crippen molar-refractivity contribution >= 4 is 22.6 Å². The second-order valence-electron chi connectivity index (χ2n) is 6.78. The van der Waals surface area contributed by atoms with Crippen LogP contribution in [0.2, 0.25) is 5.02 Å². The maximum absolute atomic E-state index is 9.21. The molecule has 0 N–H and O–H groups in total. The van der Waals surface area contributed by atoms with Gasteiger partial charge in [-0.15, -0.1) is 0 Å². The zero-order valence-corrected chi connectivity index (χ0v) is 16.7. The summed E-state index contributed by atoms with van der Waals surface area (Å²) >= 11 is 6.00. The van der Waals surface area contributed by atoms with E-state index in [9.17, 15) is 5.26 Å². The lowest BCUT2D eigenvalue weighted by Gasteiger charge is -2.11. The zero-order chi connectivity index (χ0) is 20.2. The Kier molecular flexibility index (Phi) is 5.46. The number of hydrogen-bond acceptors (Lipinski definition) is 4. The number of nitrogens with zero attached hydrogens (tertiary/aromatic N) is 4. The van der Waals surface area contributed by atoms with E-state index in [2.05, 4.69) is 26.7 Å². The topological polar surface area (TPSA) is 63.7 Å². The van der Waals surface area contributed by atoms with Crippen LogP contribution in [0.3, 0.4) is 0 Å². The van der Waals surface area contributed by atoms with Gasteiger partial charge in [-0.05, 0) is 47.9 Å². The van der Waals surface area contributed by atoms with Crippen LogP contribution in [0, 0.1) is 11.3 Å². The summed E-state index contributed by atoms with van der Waals surface area (Å²) in [5, 5.41) is 10.9. The van der Waals surface area contributed by atoms with Gasteiger partial charge in [0.2, 0.25) is 5.82 Å². The van der Waals surface area contributed by atoms with Crippen molar-refractivity contribution in [2.75, 3.05) is 7.11 Å². The predicted molar refractivity (Wildman–Crippen MR) is 113 cm³/mol. The van der Waals surface area contributed by atoms with Crippen LogP contribution in [-0.2, 0) is 19.4 Å². The third kappa shape index (κ3) is 4.23. The Morgan fingerprint density at radius 1 is 1.10 bits per heavy atom. The molecule has 4 rings (SSSR count). The molecule has 2 heterocycles. The lowest BCUT2D eigenvalue weighted by atomic mass is 10.1. The molecule has 0 aliphatic heterocycles. The van der Waals surface area contributed by atoms with Crippen LogP contribution < -0.4 is 4.74 Å². The van der Waals surface area contributed by atoms with Crippen molar-refractivity contribution in [3.8, 4) is 11.8 Å². The van der Waals surface area contributed by atoms with Gasteiger partial charge >= 0.3 is 0 Å². The fraction of sp³-hybridized carbons (Fsp3) is 0.174. The fourth-order valence-electron chi connectivity index (χ4n) is 3.43. The Morgan fingerprint density at radius 2 is 1.93 bits per heavy atom. The Labute approximate surface area is 174 Å². The second-order valence-corrected chi connectivity index (χ2v) is 7.21. The first-order chi connectivity index (χ1) is 14.2. The van der Waals surface area contributed by atoms with Crippen molar-refractivity contribution in [2.24, 2.45) is 0 Å². The van der Waals surface area contributed by atoms with Crippen molar-refractivity contribution in [1.29, 1.82) is 5.26 Å². The molecule has 0 saturated heterocycles. The normalized spacial score (nSPS) is 10.8. The molecule has 6 heteroatoms. The van der Waals surface area contributed by atoms with E-state index in [1.165, 1.54) is 5.56 Å².